The number of carbonyl (C=O) groups is 2. The molecule has 1 aromatic rings. The number of ketones is 1. The summed E-state index contributed by atoms with van der Waals surface area (Å²) >= 11 is 0. The summed E-state index contributed by atoms with van der Waals surface area (Å²) in [5.41, 5.74) is -0.448. The second-order valence-corrected chi connectivity index (χ2v) is 4.42. The van der Waals surface area contributed by atoms with Gasteiger partial charge < -0.3 is 4.74 Å². The minimum atomic E-state index is -1.16. The van der Waals surface area contributed by atoms with Gasteiger partial charge in [-0.3, -0.25) is 9.59 Å². The van der Waals surface area contributed by atoms with Gasteiger partial charge in [-0.15, -0.1) is 0 Å². The van der Waals surface area contributed by atoms with E-state index in [1.54, 1.807) is 0 Å². The highest BCUT2D eigenvalue weighted by molar-refractivity contribution is 6.14. The summed E-state index contributed by atoms with van der Waals surface area (Å²) in [5, 5.41) is 0. The van der Waals surface area contributed by atoms with Gasteiger partial charge in [0.15, 0.2) is 11.2 Å². The fourth-order valence-corrected chi connectivity index (χ4v) is 2.44. The molecule has 1 atom stereocenters. The van der Waals surface area contributed by atoms with Crippen LogP contribution in [0.15, 0.2) is 42.5 Å². The third-order valence-corrected chi connectivity index (χ3v) is 3.41. The van der Waals surface area contributed by atoms with E-state index in [1.807, 2.05) is 36.4 Å². The van der Waals surface area contributed by atoms with Crippen molar-refractivity contribution in [2.75, 3.05) is 7.11 Å². The third-order valence-electron chi connectivity index (χ3n) is 3.41. The fraction of sp³-hybridized carbons (Fsp3) is 0.333. The zero-order valence-corrected chi connectivity index (χ0v) is 10.4. The van der Waals surface area contributed by atoms with Gasteiger partial charge in [0.05, 0.1) is 7.11 Å². The van der Waals surface area contributed by atoms with E-state index in [1.165, 1.54) is 13.2 Å². The largest absolute Gasteiger partial charge is 0.468 e. The number of esters is 1. The van der Waals surface area contributed by atoms with Crippen LogP contribution in [-0.2, 0) is 19.7 Å². The van der Waals surface area contributed by atoms with Crippen molar-refractivity contribution in [3.63, 3.8) is 0 Å². The predicted octanol–water partition coefficient (Wildman–Crippen LogP) is 2.41. The number of hydrogen-bond acceptors (Lipinski definition) is 3. The quantitative estimate of drug-likeness (QED) is 0.592. The molecule has 0 radical (unpaired) electrons. The number of benzene rings is 1. The van der Waals surface area contributed by atoms with Crippen molar-refractivity contribution in [1.82, 2.24) is 0 Å². The number of carbonyl (C=O) groups excluding carboxylic acids is 2. The molecule has 0 amide bonds. The first kappa shape index (κ1) is 12.6. The standard InChI is InChI=1S/C15H16O3/c1-18-14(17)15(12-8-4-2-5-9-12)11-7-3-6-10-13(15)16/h2,4-6,8-10H,3,7,11H2,1H3/t15-/m0/s1. The topological polar surface area (TPSA) is 43.4 Å². The second-order valence-electron chi connectivity index (χ2n) is 4.42. The monoisotopic (exact) mass is 244 g/mol. The van der Waals surface area contributed by atoms with Crippen molar-refractivity contribution < 1.29 is 14.3 Å². The van der Waals surface area contributed by atoms with Gasteiger partial charge in [0, 0.05) is 0 Å². The van der Waals surface area contributed by atoms with Gasteiger partial charge in [0.25, 0.3) is 0 Å². The van der Waals surface area contributed by atoms with Crippen LogP contribution in [0, 0.1) is 0 Å². The molecule has 94 valence electrons. The first-order valence-electron chi connectivity index (χ1n) is 6.07. The Bertz CT molecular complexity index is 476. The molecule has 0 unspecified atom stereocenters. The summed E-state index contributed by atoms with van der Waals surface area (Å²) in [6.07, 6.45) is 5.45. The van der Waals surface area contributed by atoms with Gasteiger partial charge in [-0.1, -0.05) is 36.4 Å². The lowest BCUT2D eigenvalue weighted by atomic mass is 9.74. The summed E-state index contributed by atoms with van der Waals surface area (Å²) in [6, 6.07) is 9.16. The Hall–Kier alpha value is -1.90. The third kappa shape index (κ3) is 1.96. The van der Waals surface area contributed by atoms with Crippen LogP contribution in [-0.4, -0.2) is 18.9 Å². The smallest absolute Gasteiger partial charge is 0.324 e. The van der Waals surface area contributed by atoms with Gasteiger partial charge in [-0.05, 0) is 30.9 Å². The Morgan fingerprint density at radius 1 is 1.28 bits per heavy atom. The van der Waals surface area contributed by atoms with E-state index in [9.17, 15) is 9.59 Å². The van der Waals surface area contributed by atoms with E-state index < -0.39 is 11.4 Å². The predicted molar refractivity (Wildman–Crippen MR) is 68.1 cm³/mol. The minimum absolute atomic E-state index is 0.182. The molecule has 0 spiro atoms. The SMILES string of the molecule is COC(=O)[C@]1(c2ccccc2)CCCC=CC1=O. The molecule has 1 aliphatic carbocycles. The Morgan fingerprint density at radius 3 is 2.67 bits per heavy atom. The zero-order valence-electron chi connectivity index (χ0n) is 10.4. The van der Waals surface area contributed by atoms with Gasteiger partial charge in [-0.2, -0.15) is 0 Å². The Labute approximate surface area is 106 Å². The highest BCUT2D eigenvalue weighted by Gasteiger charge is 2.47. The zero-order chi connectivity index (χ0) is 13.0. The van der Waals surface area contributed by atoms with E-state index in [-0.39, 0.29) is 5.78 Å². The second kappa shape index (κ2) is 5.17. The van der Waals surface area contributed by atoms with Crippen molar-refractivity contribution in [2.24, 2.45) is 0 Å². The van der Waals surface area contributed by atoms with E-state index >= 15 is 0 Å². The normalized spacial score (nSPS) is 23.5. The van der Waals surface area contributed by atoms with Crippen LogP contribution in [0.2, 0.25) is 0 Å². The molecule has 0 aromatic heterocycles. The molecule has 0 bridgehead atoms. The van der Waals surface area contributed by atoms with Crippen molar-refractivity contribution in [2.45, 2.75) is 24.7 Å². The van der Waals surface area contributed by atoms with Crippen molar-refractivity contribution in [3.05, 3.63) is 48.0 Å². The first-order chi connectivity index (χ1) is 8.71. The molecule has 18 heavy (non-hydrogen) atoms. The van der Waals surface area contributed by atoms with Gasteiger partial charge >= 0.3 is 5.97 Å². The van der Waals surface area contributed by atoms with Crippen LogP contribution in [0.3, 0.4) is 0 Å². The van der Waals surface area contributed by atoms with Crippen LogP contribution in [0.1, 0.15) is 24.8 Å². The molecule has 3 nitrogen and oxygen atoms in total. The van der Waals surface area contributed by atoms with E-state index in [0.717, 1.165) is 12.8 Å². The molecule has 1 aromatic carbocycles. The molecular weight excluding hydrogens is 228 g/mol. The Balaban J connectivity index is 2.56. The molecule has 0 saturated carbocycles. The number of ether oxygens (including phenoxy) is 1. The summed E-state index contributed by atoms with van der Waals surface area (Å²) < 4.78 is 4.88. The van der Waals surface area contributed by atoms with Crippen LogP contribution in [0.5, 0.6) is 0 Å². The molecule has 0 fully saturated rings. The molecule has 3 heteroatoms. The number of methoxy groups -OCH3 is 1. The van der Waals surface area contributed by atoms with Gasteiger partial charge in [0.1, 0.15) is 0 Å². The first-order valence-corrected chi connectivity index (χ1v) is 6.07. The molecule has 1 aliphatic rings. The highest BCUT2D eigenvalue weighted by atomic mass is 16.5. The maximum absolute atomic E-state index is 12.3. The average Bonchev–Trinajstić information content (AvgIpc) is 2.61. The number of allylic oxidation sites excluding steroid dienone is 2. The minimum Gasteiger partial charge on any atom is -0.468 e. The van der Waals surface area contributed by atoms with Gasteiger partial charge in [-0.25, -0.2) is 0 Å². The van der Waals surface area contributed by atoms with E-state index in [2.05, 4.69) is 0 Å². The molecule has 0 aliphatic heterocycles. The molecular formula is C15H16O3. The summed E-state index contributed by atoms with van der Waals surface area (Å²) in [7, 11) is 1.33. The lowest BCUT2D eigenvalue weighted by Gasteiger charge is -2.28. The molecule has 2 rings (SSSR count). The van der Waals surface area contributed by atoms with Crippen LogP contribution in [0.4, 0.5) is 0 Å². The molecule has 0 N–H and O–H groups in total. The lowest BCUT2D eigenvalue weighted by molar-refractivity contribution is -0.151. The Kier molecular flexibility index (Phi) is 3.60. The average molecular weight is 244 g/mol. The number of hydrogen-bond donors (Lipinski definition) is 0. The van der Waals surface area contributed by atoms with Crippen molar-refractivity contribution in [3.8, 4) is 0 Å². The van der Waals surface area contributed by atoms with Crippen molar-refractivity contribution in [1.29, 1.82) is 0 Å². The van der Waals surface area contributed by atoms with E-state index in [0.29, 0.717) is 12.0 Å². The summed E-state index contributed by atoms with van der Waals surface area (Å²) in [5.74, 6) is -0.650. The summed E-state index contributed by atoms with van der Waals surface area (Å²) in [4.78, 5) is 24.5. The van der Waals surface area contributed by atoms with Crippen LogP contribution in [0.25, 0.3) is 0 Å². The molecule has 0 heterocycles. The van der Waals surface area contributed by atoms with E-state index in [4.69, 9.17) is 4.74 Å². The molecule has 0 saturated heterocycles. The maximum Gasteiger partial charge on any atom is 0.324 e. The van der Waals surface area contributed by atoms with Crippen LogP contribution >= 0.6 is 0 Å². The fourth-order valence-electron chi connectivity index (χ4n) is 2.44. The summed E-state index contributed by atoms with van der Waals surface area (Å²) in [6.45, 7) is 0. The number of rotatable bonds is 2. The van der Waals surface area contributed by atoms with Crippen molar-refractivity contribution >= 4 is 11.8 Å². The van der Waals surface area contributed by atoms with Gasteiger partial charge in [0.2, 0.25) is 0 Å². The van der Waals surface area contributed by atoms with Crippen LogP contribution < -0.4 is 0 Å². The highest BCUT2D eigenvalue weighted by Crippen LogP contribution is 2.35. The maximum atomic E-state index is 12.3. The Morgan fingerprint density at radius 2 is 2.00 bits per heavy atom. The lowest BCUT2D eigenvalue weighted by Crippen LogP contribution is -2.43.